The molecule has 7 heteroatoms. The van der Waals surface area contributed by atoms with E-state index in [0.717, 1.165) is 42.4 Å². The van der Waals surface area contributed by atoms with E-state index in [2.05, 4.69) is 5.32 Å². The molecule has 36 heavy (non-hydrogen) atoms. The van der Waals surface area contributed by atoms with Gasteiger partial charge in [-0.15, -0.1) is 0 Å². The van der Waals surface area contributed by atoms with Crippen LogP contribution in [0.5, 0.6) is 0 Å². The van der Waals surface area contributed by atoms with Gasteiger partial charge in [-0.05, 0) is 53.8 Å². The van der Waals surface area contributed by atoms with Crippen LogP contribution in [0.3, 0.4) is 0 Å². The summed E-state index contributed by atoms with van der Waals surface area (Å²) < 4.78 is 0. The van der Waals surface area contributed by atoms with Gasteiger partial charge in [0.25, 0.3) is 0 Å². The number of nitrogens with one attached hydrogen (secondary N) is 1. The van der Waals surface area contributed by atoms with Crippen molar-refractivity contribution in [2.24, 2.45) is 0 Å². The summed E-state index contributed by atoms with van der Waals surface area (Å²) in [5.41, 5.74) is 2.58. The first-order chi connectivity index (χ1) is 17.4. The predicted molar refractivity (Wildman–Crippen MR) is 147 cm³/mol. The third kappa shape index (κ3) is 7.25. The summed E-state index contributed by atoms with van der Waals surface area (Å²) in [6.07, 6.45) is 4.66. The molecular weight excluding hydrogens is 515 g/mol. The third-order valence-corrected chi connectivity index (χ3v) is 7.53. The Balaban J connectivity index is 1.66. The van der Waals surface area contributed by atoms with Crippen molar-refractivity contribution in [2.75, 3.05) is 0 Å². The molecular formula is C29H29Cl3N2O2. The van der Waals surface area contributed by atoms with Crippen molar-refractivity contribution in [1.82, 2.24) is 10.2 Å². The van der Waals surface area contributed by atoms with Crippen LogP contribution in [0.4, 0.5) is 0 Å². The van der Waals surface area contributed by atoms with Crippen molar-refractivity contribution in [3.05, 3.63) is 105 Å². The Morgan fingerprint density at radius 1 is 0.833 bits per heavy atom. The second-order valence-corrected chi connectivity index (χ2v) is 10.5. The monoisotopic (exact) mass is 542 g/mol. The van der Waals surface area contributed by atoms with Gasteiger partial charge < -0.3 is 10.2 Å². The molecule has 1 aliphatic rings. The van der Waals surface area contributed by atoms with Gasteiger partial charge in [0.2, 0.25) is 11.8 Å². The molecule has 4 rings (SSSR count). The predicted octanol–water partition coefficient (Wildman–Crippen LogP) is 6.89. The number of rotatable bonds is 9. The van der Waals surface area contributed by atoms with Crippen LogP contribution in [0.15, 0.2) is 72.8 Å². The Labute approximate surface area is 227 Å². The highest BCUT2D eigenvalue weighted by Crippen LogP contribution is 2.25. The van der Waals surface area contributed by atoms with Crippen molar-refractivity contribution in [1.29, 1.82) is 0 Å². The molecule has 1 fully saturated rings. The molecule has 0 heterocycles. The first-order valence-corrected chi connectivity index (χ1v) is 13.3. The highest BCUT2D eigenvalue weighted by molar-refractivity contribution is 6.42. The van der Waals surface area contributed by atoms with Crippen molar-refractivity contribution in [3.63, 3.8) is 0 Å². The molecule has 1 atom stereocenters. The Morgan fingerprint density at radius 2 is 1.56 bits per heavy atom. The van der Waals surface area contributed by atoms with E-state index in [1.807, 2.05) is 48.5 Å². The molecule has 0 aromatic heterocycles. The SMILES string of the molecule is O=C(NC1CCCC1)[C@@H](Cc1ccccc1)N(Cc1cccc(Cl)c1)C(=O)Cc1ccc(Cl)c(Cl)c1. The van der Waals surface area contributed by atoms with Crippen LogP contribution in [0, 0.1) is 0 Å². The van der Waals surface area contributed by atoms with Gasteiger partial charge in [-0.2, -0.15) is 0 Å². The topological polar surface area (TPSA) is 49.4 Å². The Kier molecular flexibility index (Phi) is 9.30. The average Bonchev–Trinajstić information content (AvgIpc) is 3.37. The highest BCUT2D eigenvalue weighted by atomic mass is 35.5. The zero-order valence-electron chi connectivity index (χ0n) is 19.9. The smallest absolute Gasteiger partial charge is 0.243 e. The van der Waals surface area contributed by atoms with Crippen molar-refractivity contribution >= 4 is 46.6 Å². The van der Waals surface area contributed by atoms with Crippen LogP contribution in [0.1, 0.15) is 42.4 Å². The molecule has 2 amide bonds. The molecule has 0 saturated heterocycles. The fourth-order valence-corrected chi connectivity index (χ4v) is 5.21. The molecule has 3 aromatic carbocycles. The lowest BCUT2D eigenvalue weighted by Gasteiger charge is -2.32. The Bertz CT molecular complexity index is 1200. The number of benzene rings is 3. The number of nitrogens with zero attached hydrogens (tertiary/aromatic N) is 1. The molecule has 1 N–H and O–H groups in total. The zero-order valence-corrected chi connectivity index (χ0v) is 22.2. The van der Waals surface area contributed by atoms with Crippen LogP contribution in [0.2, 0.25) is 15.1 Å². The third-order valence-electron chi connectivity index (χ3n) is 6.55. The summed E-state index contributed by atoms with van der Waals surface area (Å²) >= 11 is 18.5. The number of halogens is 3. The normalized spacial score (nSPS) is 14.4. The van der Waals surface area contributed by atoms with Gasteiger partial charge in [-0.25, -0.2) is 0 Å². The minimum Gasteiger partial charge on any atom is -0.352 e. The molecule has 1 aliphatic carbocycles. The first kappa shape index (κ1) is 26.5. The van der Waals surface area contributed by atoms with Gasteiger partial charge in [-0.1, -0.05) is 96.2 Å². The molecule has 0 spiro atoms. The van der Waals surface area contributed by atoms with E-state index in [-0.39, 0.29) is 30.8 Å². The van der Waals surface area contributed by atoms with Crippen molar-refractivity contribution in [2.45, 2.75) is 57.2 Å². The van der Waals surface area contributed by atoms with E-state index in [0.29, 0.717) is 21.5 Å². The van der Waals surface area contributed by atoms with E-state index in [1.165, 1.54) is 0 Å². The van der Waals surface area contributed by atoms with E-state index < -0.39 is 6.04 Å². The number of carbonyl (C=O) groups excluding carboxylic acids is 2. The molecule has 0 aliphatic heterocycles. The van der Waals surface area contributed by atoms with Crippen LogP contribution in [-0.2, 0) is 29.0 Å². The fourth-order valence-electron chi connectivity index (χ4n) is 4.68. The maximum absolute atomic E-state index is 13.8. The lowest BCUT2D eigenvalue weighted by molar-refractivity contribution is -0.141. The fraction of sp³-hybridized carbons (Fsp3) is 0.310. The summed E-state index contributed by atoms with van der Waals surface area (Å²) in [5.74, 6) is -0.300. The van der Waals surface area contributed by atoms with Gasteiger partial charge >= 0.3 is 0 Å². The van der Waals surface area contributed by atoms with Crippen LogP contribution in [0.25, 0.3) is 0 Å². The Hall–Kier alpha value is -2.53. The molecule has 0 bridgehead atoms. The zero-order chi connectivity index (χ0) is 25.5. The maximum atomic E-state index is 13.8. The summed E-state index contributed by atoms with van der Waals surface area (Å²) in [6, 6.07) is 21.8. The number of amides is 2. The minimum absolute atomic E-state index is 0.0967. The van der Waals surface area contributed by atoms with Crippen LogP contribution < -0.4 is 5.32 Å². The van der Waals surface area contributed by atoms with E-state index in [9.17, 15) is 9.59 Å². The second kappa shape index (κ2) is 12.6. The van der Waals surface area contributed by atoms with Gasteiger partial charge in [0.1, 0.15) is 6.04 Å². The average molecular weight is 544 g/mol. The van der Waals surface area contributed by atoms with Crippen LogP contribution >= 0.6 is 34.8 Å². The van der Waals surface area contributed by atoms with Gasteiger partial charge in [0, 0.05) is 24.0 Å². The number of hydrogen-bond acceptors (Lipinski definition) is 2. The molecule has 4 nitrogen and oxygen atoms in total. The summed E-state index contributed by atoms with van der Waals surface area (Å²) in [4.78, 5) is 29.2. The summed E-state index contributed by atoms with van der Waals surface area (Å²) in [5, 5.41) is 4.62. The highest BCUT2D eigenvalue weighted by Gasteiger charge is 2.32. The van der Waals surface area contributed by atoms with Gasteiger partial charge in [0.05, 0.1) is 16.5 Å². The van der Waals surface area contributed by atoms with E-state index >= 15 is 0 Å². The lowest BCUT2D eigenvalue weighted by Crippen LogP contribution is -2.52. The number of hydrogen-bond donors (Lipinski definition) is 1. The molecule has 3 aromatic rings. The second-order valence-electron chi connectivity index (χ2n) is 9.27. The van der Waals surface area contributed by atoms with Crippen molar-refractivity contribution < 1.29 is 9.59 Å². The summed E-state index contributed by atoms with van der Waals surface area (Å²) in [7, 11) is 0. The first-order valence-electron chi connectivity index (χ1n) is 12.2. The maximum Gasteiger partial charge on any atom is 0.243 e. The molecule has 0 unspecified atom stereocenters. The lowest BCUT2D eigenvalue weighted by atomic mass is 10.0. The van der Waals surface area contributed by atoms with E-state index in [1.54, 1.807) is 29.2 Å². The quantitative estimate of drug-likeness (QED) is 0.319. The van der Waals surface area contributed by atoms with Gasteiger partial charge in [0.15, 0.2) is 0 Å². The van der Waals surface area contributed by atoms with Crippen molar-refractivity contribution in [3.8, 4) is 0 Å². The number of carbonyl (C=O) groups is 2. The minimum atomic E-state index is -0.678. The Morgan fingerprint density at radius 3 is 2.25 bits per heavy atom. The standard InChI is InChI=1S/C29H29Cl3N2O2/c30-23-10-6-9-22(15-23)19-34(28(35)18-21-13-14-25(31)26(32)16-21)27(17-20-7-2-1-3-8-20)29(36)33-24-11-4-5-12-24/h1-3,6-10,13-16,24,27H,4-5,11-12,17-19H2,(H,33,36)/t27-/m1/s1. The molecule has 188 valence electrons. The summed E-state index contributed by atoms with van der Waals surface area (Å²) in [6.45, 7) is 0.260. The molecule has 1 saturated carbocycles. The largest absolute Gasteiger partial charge is 0.352 e. The van der Waals surface area contributed by atoms with Gasteiger partial charge in [-0.3, -0.25) is 9.59 Å². The molecule has 0 radical (unpaired) electrons. The van der Waals surface area contributed by atoms with Crippen LogP contribution in [-0.4, -0.2) is 28.8 Å². The van der Waals surface area contributed by atoms with E-state index in [4.69, 9.17) is 34.8 Å².